The van der Waals surface area contributed by atoms with Crippen molar-refractivity contribution in [3.63, 3.8) is 0 Å². The molecule has 1 aromatic heterocycles. The zero-order valence-corrected chi connectivity index (χ0v) is 14.0. The normalized spacial score (nSPS) is 7.67. The van der Waals surface area contributed by atoms with Crippen molar-refractivity contribution in [1.29, 1.82) is 0 Å². The van der Waals surface area contributed by atoms with Crippen LogP contribution in [0.1, 0.15) is 10.4 Å². The number of nitrogens with zero attached hydrogens (tertiary/aromatic N) is 1. The summed E-state index contributed by atoms with van der Waals surface area (Å²) in [4.78, 5) is 13.7. The first-order valence-corrected chi connectivity index (χ1v) is 2.54. The van der Waals surface area contributed by atoms with Crippen LogP contribution in [0.4, 0.5) is 5.69 Å². The van der Waals surface area contributed by atoms with Gasteiger partial charge in [0.05, 0.1) is 0 Å². The Hall–Kier alpha value is 0.888. The fourth-order valence-corrected chi connectivity index (χ4v) is 0.538. The summed E-state index contributed by atoms with van der Waals surface area (Å²) >= 11 is 0. The molecule has 2 N–H and O–H groups in total. The Morgan fingerprint density at radius 2 is 2.25 bits per heavy atom. The average molecular weight is 408 g/mol. The second kappa shape index (κ2) is 7.31. The van der Waals surface area contributed by atoms with E-state index in [1.165, 1.54) is 12.3 Å². The van der Waals surface area contributed by atoms with Crippen molar-refractivity contribution in [2.24, 2.45) is 0 Å². The molecule has 0 saturated carbocycles. The summed E-state index contributed by atoms with van der Waals surface area (Å²) in [5, 5.41) is 10.2. The largest absolute Gasteiger partial charge is 1.00 e. The van der Waals surface area contributed by atoms with E-state index in [0.29, 0.717) is 0 Å². The quantitative estimate of drug-likeness (QED) is 0.479. The Morgan fingerprint density at radius 3 is 2.58 bits per heavy atom. The first kappa shape index (κ1) is 15.4. The Labute approximate surface area is 132 Å². The van der Waals surface area contributed by atoms with Crippen LogP contribution in [0.3, 0.4) is 0 Å². The molecule has 6 heteroatoms. The Morgan fingerprint density at radius 1 is 1.67 bits per heavy atom. The van der Waals surface area contributed by atoms with E-state index < -0.39 is 5.97 Å². The van der Waals surface area contributed by atoms with E-state index in [1.807, 2.05) is 0 Å². The number of carbonyl (C=O) groups is 1. The molecule has 0 unspecified atom stereocenters. The minimum Gasteiger partial charge on any atom is -0.559 e. The van der Waals surface area contributed by atoms with Crippen LogP contribution in [0.15, 0.2) is 12.3 Å². The topological polar surface area (TPSA) is 79.0 Å². The van der Waals surface area contributed by atoms with Gasteiger partial charge in [0.15, 0.2) is 0 Å². The summed E-state index contributed by atoms with van der Waals surface area (Å²) in [5.74, 6) is -1.31. The second-order valence-corrected chi connectivity index (χ2v) is 1.69. The molecule has 0 bridgehead atoms. The molecule has 0 aliphatic rings. The van der Waals surface area contributed by atoms with E-state index in [1.54, 1.807) is 0 Å². The third kappa shape index (κ3) is 4.22. The molecular formula is C6H4N2O2RbRe-. The van der Waals surface area contributed by atoms with Gasteiger partial charge in [-0.15, -0.1) is 6.07 Å². The summed E-state index contributed by atoms with van der Waals surface area (Å²) in [6.07, 6.45) is 3.55. The number of pyridine rings is 1. The van der Waals surface area contributed by atoms with Gasteiger partial charge in [0.1, 0.15) is 0 Å². The maximum absolute atomic E-state index is 10.2. The summed E-state index contributed by atoms with van der Waals surface area (Å²) in [6, 6.07) is 1.17. The van der Waals surface area contributed by atoms with Gasteiger partial charge in [-0.25, -0.2) is 0 Å². The van der Waals surface area contributed by atoms with Gasteiger partial charge >= 0.3 is 58.2 Å². The summed E-state index contributed by atoms with van der Waals surface area (Å²) in [5.41, 5.74) is 5.24. The molecule has 12 heavy (non-hydrogen) atoms. The smallest absolute Gasteiger partial charge is 0.559 e. The minimum absolute atomic E-state index is 0. The van der Waals surface area contributed by atoms with Crippen LogP contribution >= 0.6 is 0 Å². The van der Waals surface area contributed by atoms with E-state index in [-0.39, 0.29) is 89.9 Å². The van der Waals surface area contributed by atoms with Crippen LogP contribution in [0.25, 0.3) is 0 Å². The van der Waals surface area contributed by atoms with Gasteiger partial charge in [0.25, 0.3) is 0 Å². The third-order valence-corrected chi connectivity index (χ3v) is 1.02. The Bertz CT molecular complexity index is 269. The third-order valence-electron chi connectivity index (χ3n) is 1.02. The number of nitrogen functional groups attached to an aromatic ring is 1. The summed E-state index contributed by atoms with van der Waals surface area (Å²) < 4.78 is 0. The number of carboxylic acid groups (broad SMARTS) is 1. The second-order valence-electron chi connectivity index (χ2n) is 1.69. The predicted molar refractivity (Wildman–Crippen MR) is 31.8 cm³/mol. The van der Waals surface area contributed by atoms with E-state index in [4.69, 9.17) is 5.73 Å². The maximum atomic E-state index is 10.2. The molecule has 0 aliphatic carbocycles. The van der Waals surface area contributed by atoms with Crippen LogP contribution in [-0.4, -0.2) is 11.0 Å². The number of carboxylic acids is 1. The summed E-state index contributed by atoms with van der Waals surface area (Å²) in [7, 11) is 0. The maximum Gasteiger partial charge on any atom is 1.00 e. The van der Waals surface area contributed by atoms with Crippen molar-refractivity contribution < 1.29 is 88.5 Å². The van der Waals surface area contributed by atoms with Gasteiger partial charge in [0, 0.05) is 26.4 Å². The molecule has 0 saturated heterocycles. The zero-order chi connectivity index (χ0) is 7.56. The van der Waals surface area contributed by atoms with Gasteiger partial charge in [-0.2, -0.15) is 0 Å². The van der Waals surface area contributed by atoms with E-state index in [0.717, 1.165) is 0 Å². The van der Waals surface area contributed by atoms with Crippen LogP contribution in [0.5, 0.6) is 0 Å². The van der Waals surface area contributed by atoms with Crippen molar-refractivity contribution in [1.82, 2.24) is 4.98 Å². The molecule has 4 nitrogen and oxygen atoms in total. The first-order chi connectivity index (χ1) is 4.72. The van der Waals surface area contributed by atoms with Crippen LogP contribution in [0, 0.1) is 6.20 Å². The van der Waals surface area contributed by atoms with Gasteiger partial charge in [-0.3, -0.25) is 0 Å². The number of rotatable bonds is 1. The van der Waals surface area contributed by atoms with Crippen LogP contribution in [0.2, 0.25) is 0 Å². The van der Waals surface area contributed by atoms with E-state index in [9.17, 15) is 9.90 Å². The van der Waals surface area contributed by atoms with Gasteiger partial charge < -0.3 is 20.6 Å². The number of hydrogen-bond donors (Lipinski definition) is 1. The number of nitrogens with two attached hydrogens (primary N) is 1. The van der Waals surface area contributed by atoms with Gasteiger partial charge in [-0.1, -0.05) is 23.6 Å². The fraction of sp³-hybridized carbons (Fsp3) is 0. The van der Waals surface area contributed by atoms with Crippen molar-refractivity contribution in [2.45, 2.75) is 0 Å². The van der Waals surface area contributed by atoms with Crippen LogP contribution in [-0.2, 0) is 20.4 Å². The molecule has 1 radical (unpaired) electrons. The zero-order valence-electron chi connectivity index (χ0n) is 6.37. The number of anilines is 1. The number of aromatic nitrogens is 1. The van der Waals surface area contributed by atoms with Gasteiger partial charge in [-0.05, 0) is 0 Å². The predicted octanol–water partition coefficient (Wildman–Crippen LogP) is -4.17. The first-order valence-electron chi connectivity index (χ1n) is 2.54. The number of aromatic carboxylic acids is 1. The van der Waals surface area contributed by atoms with E-state index in [2.05, 4.69) is 11.2 Å². The number of hydrogen-bond acceptors (Lipinski definition) is 4. The molecular weight excluding hydrogens is 404 g/mol. The Kier molecular flexibility index (Phi) is 9.35. The number of carbonyl (C=O) groups excluding carboxylic acids is 1. The van der Waals surface area contributed by atoms with Gasteiger partial charge in [0.2, 0.25) is 0 Å². The van der Waals surface area contributed by atoms with Crippen molar-refractivity contribution in [3.8, 4) is 0 Å². The summed E-state index contributed by atoms with van der Waals surface area (Å²) in [6.45, 7) is 0. The molecule has 0 spiro atoms. The molecule has 59 valence electrons. The molecule has 0 fully saturated rings. The molecule has 1 aromatic rings. The molecule has 1 heterocycles. The van der Waals surface area contributed by atoms with E-state index >= 15 is 0 Å². The van der Waals surface area contributed by atoms with Crippen molar-refractivity contribution >= 4 is 11.7 Å². The SMILES string of the molecule is Nc1cn[c-]cc1C(=O)[O-].[Rb+].[Re]. The van der Waals surface area contributed by atoms with Crippen molar-refractivity contribution in [3.05, 3.63) is 24.0 Å². The minimum atomic E-state index is -1.31. The van der Waals surface area contributed by atoms with Crippen LogP contribution < -0.4 is 69.0 Å². The molecule has 1 rings (SSSR count). The molecule has 0 amide bonds. The fourth-order valence-electron chi connectivity index (χ4n) is 0.538. The Balaban J connectivity index is 0. The molecule has 0 aromatic carbocycles. The monoisotopic (exact) mass is 408 g/mol. The van der Waals surface area contributed by atoms with Crippen molar-refractivity contribution in [2.75, 3.05) is 5.73 Å². The molecule has 0 atom stereocenters. The average Bonchev–Trinajstić information content (AvgIpc) is 1.88. The standard InChI is InChI=1S/C6H5N2O2.Rb.Re/c7-5-3-8-2-1-4(5)6(9)10;;/h1,3H,7H2,(H,9,10);;/q-1;+1;/p-1. The molecule has 0 aliphatic heterocycles.